The minimum atomic E-state index is -0.100. The third kappa shape index (κ3) is 6.14. The Hall–Kier alpha value is -0.160. The second kappa shape index (κ2) is 9.73. The second-order valence-corrected chi connectivity index (χ2v) is 4.96. The molecular weight excluding hydrogens is 228 g/mol. The molecule has 1 aliphatic carbocycles. The summed E-state index contributed by atoms with van der Waals surface area (Å²) >= 11 is 0. The summed E-state index contributed by atoms with van der Waals surface area (Å²) in [7, 11) is 2.24. The molecule has 1 aliphatic rings. The Bertz CT molecular complexity index is 186. The van der Waals surface area contributed by atoms with Crippen molar-refractivity contribution >= 4 is 0 Å². The third-order valence-electron chi connectivity index (χ3n) is 3.61. The molecule has 0 aliphatic heterocycles. The summed E-state index contributed by atoms with van der Waals surface area (Å²) < 4.78 is 11.0. The van der Waals surface area contributed by atoms with Gasteiger partial charge in [0.05, 0.1) is 0 Å². The highest BCUT2D eigenvalue weighted by Gasteiger charge is 2.18. The van der Waals surface area contributed by atoms with Crippen molar-refractivity contribution in [2.45, 2.75) is 51.9 Å². The molecule has 18 heavy (non-hydrogen) atoms. The highest BCUT2D eigenvalue weighted by Crippen LogP contribution is 2.21. The molecule has 0 atom stereocenters. The van der Waals surface area contributed by atoms with E-state index in [1.54, 1.807) is 0 Å². The molecule has 4 heteroatoms. The average molecular weight is 258 g/mol. The predicted molar refractivity (Wildman–Crippen MR) is 74.8 cm³/mol. The van der Waals surface area contributed by atoms with E-state index in [1.807, 2.05) is 13.8 Å². The van der Waals surface area contributed by atoms with Gasteiger partial charge in [-0.3, -0.25) is 0 Å². The van der Waals surface area contributed by atoms with E-state index in [9.17, 15) is 0 Å². The van der Waals surface area contributed by atoms with Gasteiger partial charge in [0.15, 0.2) is 6.29 Å². The Kier molecular flexibility index (Phi) is 8.59. The molecule has 0 bridgehead atoms. The predicted octanol–water partition coefficient (Wildman–Crippen LogP) is 1.85. The van der Waals surface area contributed by atoms with Crippen LogP contribution < -0.4 is 5.32 Å². The van der Waals surface area contributed by atoms with Crippen LogP contribution in [0.4, 0.5) is 0 Å². The zero-order valence-corrected chi connectivity index (χ0v) is 12.3. The highest BCUT2D eigenvalue weighted by molar-refractivity contribution is 4.75. The SMILES string of the molecule is CCOC(CNCCN(C)C1CCCC1)OCC. The highest BCUT2D eigenvalue weighted by atomic mass is 16.7. The molecule has 0 radical (unpaired) electrons. The minimum absolute atomic E-state index is 0.100. The summed E-state index contributed by atoms with van der Waals surface area (Å²) in [6.45, 7) is 8.29. The maximum Gasteiger partial charge on any atom is 0.169 e. The number of hydrogen-bond donors (Lipinski definition) is 1. The summed E-state index contributed by atoms with van der Waals surface area (Å²) in [6, 6.07) is 0.807. The standard InChI is InChI=1S/C14H30N2O2/c1-4-17-14(18-5-2)12-15-10-11-16(3)13-8-6-7-9-13/h13-15H,4-12H2,1-3H3. The number of nitrogens with zero attached hydrogens (tertiary/aromatic N) is 1. The lowest BCUT2D eigenvalue weighted by Gasteiger charge is -2.24. The molecule has 1 N–H and O–H groups in total. The number of likely N-dealkylation sites (N-methyl/N-ethyl adjacent to an activating group) is 1. The van der Waals surface area contributed by atoms with E-state index in [1.165, 1.54) is 25.7 Å². The lowest BCUT2D eigenvalue weighted by molar-refractivity contribution is -0.132. The molecular formula is C14H30N2O2. The Morgan fingerprint density at radius 2 is 1.78 bits per heavy atom. The first kappa shape index (κ1) is 15.9. The van der Waals surface area contributed by atoms with Gasteiger partial charge in [0, 0.05) is 38.9 Å². The van der Waals surface area contributed by atoms with Crippen LogP contribution in [-0.2, 0) is 9.47 Å². The zero-order chi connectivity index (χ0) is 13.2. The lowest BCUT2D eigenvalue weighted by atomic mass is 10.2. The topological polar surface area (TPSA) is 33.7 Å². The van der Waals surface area contributed by atoms with E-state index in [-0.39, 0.29) is 6.29 Å². The summed E-state index contributed by atoms with van der Waals surface area (Å²) in [6.07, 6.45) is 5.45. The molecule has 0 aromatic heterocycles. The van der Waals surface area contributed by atoms with Crippen LogP contribution in [-0.4, -0.2) is 57.1 Å². The molecule has 1 fully saturated rings. The van der Waals surface area contributed by atoms with Crippen LogP contribution in [0.5, 0.6) is 0 Å². The molecule has 1 saturated carbocycles. The van der Waals surface area contributed by atoms with Crippen LogP contribution in [0, 0.1) is 0 Å². The van der Waals surface area contributed by atoms with Crippen LogP contribution in [0.1, 0.15) is 39.5 Å². The number of ether oxygens (including phenoxy) is 2. The van der Waals surface area contributed by atoms with Gasteiger partial charge in [0.1, 0.15) is 0 Å². The Balaban J connectivity index is 2.05. The largest absolute Gasteiger partial charge is 0.352 e. The van der Waals surface area contributed by atoms with E-state index in [0.29, 0.717) is 13.2 Å². The van der Waals surface area contributed by atoms with E-state index >= 15 is 0 Å². The van der Waals surface area contributed by atoms with E-state index in [2.05, 4.69) is 17.3 Å². The van der Waals surface area contributed by atoms with Crippen LogP contribution in [0.3, 0.4) is 0 Å². The fourth-order valence-electron chi connectivity index (χ4n) is 2.54. The summed E-state index contributed by atoms with van der Waals surface area (Å²) in [5, 5.41) is 3.42. The van der Waals surface area contributed by atoms with Gasteiger partial charge < -0.3 is 19.7 Å². The van der Waals surface area contributed by atoms with Crippen LogP contribution >= 0.6 is 0 Å². The Morgan fingerprint density at radius 3 is 2.33 bits per heavy atom. The molecule has 0 aromatic carbocycles. The van der Waals surface area contributed by atoms with Gasteiger partial charge in [-0.25, -0.2) is 0 Å². The normalized spacial score (nSPS) is 17.2. The third-order valence-corrected chi connectivity index (χ3v) is 3.61. The molecule has 0 spiro atoms. The Labute approximate surface area is 112 Å². The molecule has 1 rings (SSSR count). The zero-order valence-electron chi connectivity index (χ0n) is 12.3. The number of hydrogen-bond acceptors (Lipinski definition) is 4. The molecule has 108 valence electrons. The van der Waals surface area contributed by atoms with Crippen molar-refractivity contribution in [3.63, 3.8) is 0 Å². The first-order valence-corrected chi connectivity index (χ1v) is 7.42. The maximum absolute atomic E-state index is 5.49. The van der Waals surface area contributed by atoms with Crippen LogP contribution in [0.2, 0.25) is 0 Å². The summed E-state index contributed by atoms with van der Waals surface area (Å²) in [5.74, 6) is 0. The van der Waals surface area contributed by atoms with Crippen LogP contribution in [0.15, 0.2) is 0 Å². The molecule has 0 aromatic rings. The van der Waals surface area contributed by atoms with E-state index in [4.69, 9.17) is 9.47 Å². The maximum atomic E-state index is 5.49. The fourth-order valence-corrected chi connectivity index (χ4v) is 2.54. The van der Waals surface area contributed by atoms with Gasteiger partial charge in [0.25, 0.3) is 0 Å². The summed E-state index contributed by atoms with van der Waals surface area (Å²) in [4.78, 5) is 2.48. The first-order valence-electron chi connectivity index (χ1n) is 7.42. The van der Waals surface area contributed by atoms with Crippen molar-refractivity contribution in [3.05, 3.63) is 0 Å². The quantitative estimate of drug-likeness (QED) is 0.479. The smallest absolute Gasteiger partial charge is 0.169 e. The van der Waals surface area contributed by atoms with E-state index < -0.39 is 0 Å². The average Bonchev–Trinajstić information content (AvgIpc) is 2.88. The van der Waals surface area contributed by atoms with Crippen molar-refractivity contribution in [1.29, 1.82) is 0 Å². The van der Waals surface area contributed by atoms with Gasteiger partial charge >= 0.3 is 0 Å². The van der Waals surface area contributed by atoms with Crippen molar-refractivity contribution in [2.24, 2.45) is 0 Å². The van der Waals surface area contributed by atoms with Gasteiger partial charge in [-0.05, 0) is 33.7 Å². The van der Waals surface area contributed by atoms with Crippen LogP contribution in [0.25, 0.3) is 0 Å². The summed E-state index contributed by atoms with van der Waals surface area (Å²) in [5.41, 5.74) is 0. The van der Waals surface area contributed by atoms with Crippen molar-refractivity contribution in [3.8, 4) is 0 Å². The van der Waals surface area contributed by atoms with Crippen molar-refractivity contribution in [2.75, 3.05) is 39.9 Å². The number of nitrogens with one attached hydrogen (secondary N) is 1. The molecule has 4 nitrogen and oxygen atoms in total. The monoisotopic (exact) mass is 258 g/mol. The van der Waals surface area contributed by atoms with Gasteiger partial charge in [-0.2, -0.15) is 0 Å². The Morgan fingerprint density at radius 1 is 1.17 bits per heavy atom. The molecule has 0 heterocycles. The van der Waals surface area contributed by atoms with E-state index in [0.717, 1.165) is 25.7 Å². The lowest BCUT2D eigenvalue weighted by Crippen LogP contribution is -2.38. The van der Waals surface area contributed by atoms with Gasteiger partial charge in [0.2, 0.25) is 0 Å². The molecule has 0 unspecified atom stereocenters. The minimum Gasteiger partial charge on any atom is -0.352 e. The molecule has 0 saturated heterocycles. The number of rotatable bonds is 10. The van der Waals surface area contributed by atoms with Gasteiger partial charge in [-0.15, -0.1) is 0 Å². The molecule has 0 amide bonds. The fraction of sp³-hybridized carbons (Fsp3) is 1.00. The second-order valence-electron chi connectivity index (χ2n) is 4.96. The van der Waals surface area contributed by atoms with Gasteiger partial charge in [-0.1, -0.05) is 12.8 Å². The first-order chi connectivity index (χ1) is 8.77. The van der Waals surface area contributed by atoms with Crippen molar-refractivity contribution in [1.82, 2.24) is 10.2 Å². The van der Waals surface area contributed by atoms with Crippen molar-refractivity contribution < 1.29 is 9.47 Å².